The summed E-state index contributed by atoms with van der Waals surface area (Å²) in [5.41, 5.74) is 4.80. The van der Waals surface area contributed by atoms with Gasteiger partial charge in [0.1, 0.15) is 5.69 Å². The van der Waals surface area contributed by atoms with Gasteiger partial charge in [0.2, 0.25) is 0 Å². The maximum atomic E-state index is 6.11. The standard InChI is InChI=1S/C13H13ClN4S/c1-7-3-10-11(5-9(7)14)16-13(15-10)12-4-8(6-19-2)17-18-12/h3-5H,6H2,1-2H3,(H,15,16)(H,17,18). The van der Waals surface area contributed by atoms with Gasteiger partial charge in [-0.05, 0) is 36.9 Å². The van der Waals surface area contributed by atoms with E-state index in [4.69, 9.17) is 11.6 Å². The molecule has 3 rings (SSSR count). The maximum Gasteiger partial charge on any atom is 0.159 e. The summed E-state index contributed by atoms with van der Waals surface area (Å²) in [4.78, 5) is 7.81. The Labute approximate surface area is 120 Å². The number of hydrogen-bond donors (Lipinski definition) is 2. The van der Waals surface area contributed by atoms with Gasteiger partial charge in [-0.2, -0.15) is 16.9 Å². The van der Waals surface area contributed by atoms with Crippen molar-refractivity contribution in [3.05, 3.63) is 34.5 Å². The van der Waals surface area contributed by atoms with Gasteiger partial charge in [-0.15, -0.1) is 0 Å². The number of H-pyrrole nitrogens is 2. The summed E-state index contributed by atoms with van der Waals surface area (Å²) in [5.74, 6) is 1.68. The number of aryl methyl sites for hydroxylation is 1. The smallest absolute Gasteiger partial charge is 0.159 e. The highest BCUT2D eigenvalue weighted by molar-refractivity contribution is 7.97. The normalized spacial score (nSPS) is 11.3. The molecule has 0 radical (unpaired) electrons. The first-order valence-corrected chi connectivity index (χ1v) is 7.64. The average Bonchev–Trinajstić information content (AvgIpc) is 2.97. The van der Waals surface area contributed by atoms with E-state index in [9.17, 15) is 0 Å². The van der Waals surface area contributed by atoms with Crippen LogP contribution in [-0.4, -0.2) is 26.4 Å². The van der Waals surface area contributed by atoms with Crippen molar-refractivity contribution in [3.8, 4) is 11.5 Å². The van der Waals surface area contributed by atoms with Crippen molar-refractivity contribution >= 4 is 34.4 Å². The van der Waals surface area contributed by atoms with Gasteiger partial charge < -0.3 is 4.98 Å². The summed E-state index contributed by atoms with van der Waals surface area (Å²) in [6.45, 7) is 1.98. The lowest BCUT2D eigenvalue weighted by molar-refractivity contribution is 1.03. The number of aromatic amines is 2. The van der Waals surface area contributed by atoms with E-state index in [1.165, 1.54) is 0 Å². The number of benzene rings is 1. The number of nitrogens with one attached hydrogen (secondary N) is 2. The molecule has 98 valence electrons. The fraction of sp³-hybridized carbons (Fsp3) is 0.231. The lowest BCUT2D eigenvalue weighted by atomic mass is 10.2. The van der Waals surface area contributed by atoms with Gasteiger partial charge in [-0.3, -0.25) is 5.10 Å². The summed E-state index contributed by atoms with van der Waals surface area (Å²) in [6.07, 6.45) is 2.06. The number of fused-ring (bicyclic) bond motifs is 1. The Balaban J connectivity index is 2.04. The zero-order valence-corrected chi connectivity index (χ0v) is 12.2. The van der Waals surface area contributed by atoms with E-state index >= 15 is 0 Å². The van der Waals surface area contributed by atoms with Crippen LogP contribution >= 0.6 is 23.4 Å². The molecule has 4 nitrogen and oxygen atoms in total. The van der Waals surface area contributed by atoms with Gasteiger partial charge in [0, 0.05) is 16.5 Å². The predicted molar refractivity (Wildman–Crippen MR) is 80.6 cm³/mol. The largest absolute Gasteiger partial charge is 0.337 e. The molecule has 0 aliphatic rings. The lowest BCUT2D eigenvalue weighted by Crippen LogP contribution is -1.79. The fourth-order valence-corrected chi connectivity index (χ4v) is 2.59. The molecule has 0 aliphatic carbocycles. The van der Waals surface area contributed by atoms with Crippen LogP contribution in [0, 0.1) is 6.92 Å². The van der Waals surface area contributed by atoms with Gasteiger partial charge in [0.25, 0.3) is 0 Å². The molecule has 0 fully saturated rings. The summed E-state index contributed by atoms with van der Waals surface area (Å²) in [7, 11) is 0. The first-order chi connectivity index (χ1) is 9.17. The van der Waals surface area contributed by atoms with Gasteiger partial charge in [0.15, 0.2) is 5.82 Å². The van der Waals surface area contributed by atoms with Crippen molar-refractivity contribution in [2.24, 2.45) is 0 Å². The van der Waals surface area contributed by atoms with Gasteiger partial charge in [-0.1, -0.05) is 11.6 Å². The number of aromatic nitrogens is 4. The Kier molecular flexibility index (Phi) is 3.24. The van der Waals surface area contributed by atoms with Crippen LogP contribution in [0.5, 0.6) is 0 Å². The van der Waals surface area contributed by atoms with Crippen LogP contribution in [0.25, 0.3) is 22.6 Å². The van der Waals surface area contributed by atoms with E-state index in [1.807, 2.05) is 25.1 Å². The fourth-order valence-electron chi connectivity index (χ4n) is 1.97. The molecular formula is C13H13ClN4S. The second-order valence-electron chi connectivity index (χ2n) is 4.42. The van der Waals surface area contributed by atoms with Crippen LogP contribution in [0.2, 0.25) is 5.02 Å². The quantitative estimate of drug-likeness (QED) is 0.772. The lowest BCUT2D eigenvalue weighted by Gasteiger charge is -1.95. The van der Waals surface area contributed by atoms with Crippen molar-refractivity contribution in [3.63, 3.8) is 0 Å². The SMILES string of the molecule is CSCc1cc(-c2nc3cc(Cl)c(C)cc3[nH]2)n[nH]1. The Bertz CT molecular complexity index is 692. The third-order valence-corrected chi connectivity index (χ3v) is 3.94. The van der Waals surface area contributed by atoms with Crippen LogP contribution in [0.15, 0.2) is 18.2 Å². The van der Waals surface area contributed by atoms with Crippen LogP contribution < -0.4 is 0 Å². The summed E-state index contributed by atoms with van der Waals surface area (Å²) >= 11 is 7.86. The van der Waals surface area contributed by atoms with Gasteiger partial charge in [-0.25, -0.2) is 4.98 Å². The number of nitrogens with zero attached hydrogens (tertiary/aromatic N) is 2. The van der Waals surface area contributed by atoms with E-state index in [2.05, 4.69) is 26.4 Å². The van der Waals surface area contributed by atoms with Gasteiger partial charge >= 0.3 is 0 Å². The van der Waals surface area contributed by atoms with Crippen molar-refractivity contribution < 1.29 is 0 Å². The van der Waals surface area contributed by atoms with Gasteiger partial charge in [0.05, 0.1) is 11.0 Å². The molecule has 0 amide bonds. The van der Waals surface area contributed by atoms with E-state index < -0.39 is 0 Å². The molecule has 2 aromatic heterocycles. The Morgan fingerprint density at radius 2 is 2.16 bits per heavy atom. The molecule has 2 N–H and O–H groups in total. The van der Waals surface area contributed by atoms with E-state index in [-0.39, 0.29) is 0 Å². The first kappa shape index (κ1) is 12.6. The Hall–Kier alpha value is -1.46. The van der Waals surface area contributed by atoms with E-state index in [0.29, 0.717) is 0 Å². The number of thioether (sulfide) groups is 1. The van der Waals surface area contributed by atoms with Crippen molar-refractivity contribution in [1.29, 1.82) is 0 Å². The molecular weight excluding hydrogens is 280 g/mol. The molecule has 0 bridgehead atoms. The maximum absolute atomic E-state index is 6.11. The zero-order valence-electron chi connectivity index (χ0n) is 10.6. The van der Waals surface area contributed by atoms with Crippen molar-refractivity contribution in [2.75, 3.05) is 6.26 Å². The number of rotatable bonds is 3. The molecule has 1 aromatic carbocycles. The zero-order chi connectivity index (χ0) is 13.4. The average molecular weight is 293 g/mol. The number of imidazole rings is 1. The van der Waals surface area contributed by atoms with E-state index in [1.54, 1.807) is 11.8 Å². The second kappa shape index (κ2) is 4.90. The minimum Gasteiger partial charge on any atom is -0.337 e. The Morgan fingerprint density at radius 3 is 2.95 bits per heavy atom. The topological polar surface area (TPSA) is 57.4 Å². The molecule has 6 heteroatoms. The van der Waals surface area contributed by atoms with Crippen LogP contribution in [0.1, 0.15) is 11.3 Å². The molecule has 3 aromatic rings. The summed E-state index contributed by atoms with van der Waals surface area (Å²) < 4.78 is 0. The summed E-state index contributed by atoms with van der Waals surface area (Å²) in [5, 5.41) is 8.03. The third-order valence-electron chi connectivity index (χ3n) is 2.94. The van der Waals surface area contributed by atoms with Crippen LogP contribution in [-0.2, 0) is 5.75 Å². The monoisotopic (exact) mass is 292 g/mol. The molecule has 0 spiro atoms. The highest BCUT2D eigenvalue weighted by Crippen LogP contribution is 2.25. The van der Waals surface area contributed by atoms with Crippen LogP contribution in [0.4, 0.5) is 0 Å². The van der Waals surface area contributed by atoms with Crippen LogP contribution in [0.3, 0.4) is 0 Å². The highest BCUT2D eigenvalue weighted by Gasteiger charge is 2.10. The number of halogens is 1. The van der Waals surface area contributed by atoms with E-state index in [0.717, 1.165) is 44.6 Å². The molecule has 0 aliphatic heterocycles. The Morgan fingerprint density at radius 1 is 1.32 bits per heavy atom. The minimum atomic E-state index is 0.732. The molecule has 0 atom stereocenters. The third kappa shape index (κ3) is 2.35. The predicted octanol–water partition coefficient (Wildman–Crippen LogP) is 3.78. The van der Waals surface area contributed by atoms with Crippen molar-refractivity contribution in [2.45, 2.75) is 12.7 Å². The molecule has 0 saturated carbocycles. The minimum absolute atomic E-state index is 0.732. The molecule has 0 saturated heterocycles. The second-order valence-corrected chi connectivity index (χ2v) is 5.69. The molecule has 2 heterocycles. The number of hydrogen-bond acceptors (Lipinski definition) is 3. The molecule has 0 unspecified atom stereocenters. The summed E-state index contributed by atoms with van der Waals surface area (Å²) in [6, 6.07) is 5.90. The van der Waals surface area contributed by atoms with Crippen molar-refractivity contribution in [1.82, 2.24) is 20.2 Å². The first-order valence-electron chi connectivity index (χ1n) is 5.87. The highest BCUT2D eigenvalue weighted by atomic mass is 35.5. The molecule has 19 heavy (non-hydrogen) atoms.